The number of unbranched alkanes of at least 4 members (excludes halogenated alkanes) is 1. The molecular weight excluding hydrogens is 452 g/mol. The van der Waals surface area contributed by atoms with Gasteiger partial charge in [0.25, 0.3) is 0 Å². The maximum Gasteiger partial charge on any atom is 0.220 e. The average molecular weight is 495 g/mol. The number of aliphatic hydroxyl groups excluding tert-OH is 3. The molecule has 198 valence electrons. The molecule has 0 aliphatic heterocycles. The summed E-state index contributed by atoms with van der Waals surface area (Å²) in [6, 6.07) is 10.1. The first kappa shape index (κ1) is 29.4. The Hall–Kier alpha value is -1.85. The molecule has 6 N–H and O–H groups in total. The molecule has 1 amide bonds. The predicted octanol–water partition coefficient (Wildman–Crippen LogP) is 2.75. The van der Waals surface area contributed by atoms with Gasteiger partial charge in [-0.25, -0.2) is 0 Å². The molecule has 2 rings (SSSR count). The first-order valence-corrected chi connectivity index (χ1v) is 12.7. The summed E-state index contributed by atoms with van der Waals surface area (Å²) in [5, 5.41) is 50.5. The van der Waals surface area contributed by atoms with Crippen molar-refractivity contribution in [2.45, 2.75) is 82.5 Å². The molecule has 1 saturated carbocycles. The highest BCUT2D eigenvalue weighted by Gasteiger charge is 2.40. The van der Waals surface area contributed by atoms with Gasteiger partial charge in [-0.3, -0.25) is 20.0 Å². The lowest BCUT2D eigenvalue weighted by molar-refractivity contribution is -0.492. The monoisotopic (exact) mass is 494 g/mol. The Balaban J connectivity index is 1.61. The Bertz CT molecular complexity index is 732. The summed E-state index contributed by atoms with van der Waals surface area (Å²) >= 11 is 0. The van der Waals surface area contributed by atoms with Crippen molar-refractivity contribution in [3.8, 4) is 0 Å². The molecule has 0 saturated heterocycles. The molecule has 1 fully saturated rings. The third-order valence-corrected chi connectivity index (χ3v) is 6.66. The van der Waals surface area contributed by atoms with Gasteiger partial charge in [-0.15, -0.1) is 0 Å². The molecule has 35 heavy (non-hydrogen) atoms. The van der Waals surface area contributed by atoms with Crippen LogP contribution in [0.1, 0.15) is 63.4 Å². The van der Waals surface area contributed by atoms with E-state index in [9.17, 15) is 20.1 Å². The third kappa shape index (κ3) is 12.1. The van der Waals surface area contributed by atoms with E-state index < -0.39 is 18.3 Å². The fourth-order valence-electron chi connectivity index (χ4n) is 4.70. The molecule has 0 radical (unpaired) electrons. The number of rotatable bonds is 17. The van der Waals surface area contributed by atoms with Crippen molar-refractivity contribution < 1.29 is 35.4 Å². The normalized spacial score (nSPS) is 23.3. The lowest BCUT2D eigenvalue weighted by atomic mass is 9.85. The van der Waals surface area contributed by atoms with Gasteiger partial charge in [-0.2, -0.15) is 0 Å². The highest BCUT2D eigenvalue weighted by Crippen LogP contribution is 2.38. The number of hydrogen-bond acceptors (Lipinski definition) is 8. The topological polar surface area (TPSA) is 143 Å². The molecule has 5 atom stereocenters. The lowest BCUT2D eigenvalue weighted by Crippen LogP contribution is -2.25. The fraction of sp³-hybridized carbons (Fsp3) is 0.654. The number of nitrogens with zero attached hydrogens (tertiary/aromatic N) is 1. The number of amides is 1. The molecule has 1 aliphatic carbocycles. The van der Waals surface area contributed by atoms with Crippen molar-refractivity contribution in [3.63, 3.8) is 0 Å². The molecule has 1 aromatic rings. The summed E-state index contributed by atoms with van der Waals surface area (Å²) < 4.78 is 0. The minimum atomic E-state index is -0.545. The van der Waals surface area contributed by atoms with Gasteiger partial charge in [0.2, 0.25) is 5.91 Å². The third-order valence-electron chi connectivity index (χ3n) is 6.66. The van der Waals surface area contributed by atoms with Gasteiger partial charge in [-0.05, 0) is 75.2 Å². The number of hydrogen-bond donors (Lipinski definition) is 6. The summed E-state index contributed by atoms with van der Waals surface area (Å²) in [5.74, 6) is -0.120. The van der Waals surface area contributed by atoms with Gasteiger partial charge in [-0.1, -0.05) is 42.5 Å². The van der Waals surface area contributed by atoms with Crippen molar-refractivity contribution in [1.29, 1.82) is 0 Å². The van der Waals surface area contributed by atoms with Crippen LogP contribution < -0.4 is 5.32 Å². The highest BCUT2D eigenvalue weighted by atomic mass is 17.1. The van der Waals surface area contributed by atoms with E-state index in [0.717, 1.165) is 12.8 Å². The van der Waals surface area contributed by atoms with E-state index in [1.165, 1.54) is 5.56 Å². The van der Waals surface area contributed by atoms with E-state index in [1.54, 1.807) is 0 Å². The largest absolute Gasteiger partial charge is 0.393 e. The molecular formula is C26H42N2O7. The van der Waals surface area contributed by atoms with Crippen molar-refractivity contribution in [1.82, 2.24) is 10.7 Å². The van der Waals surface area contributed by atoms with Crippen LogP contribution in [0.3, 0.4) is 0 Å². The number of aryl methyl sites for hydroxylation is 1. The molecule has 0 aromatic heterocycles. The van der Waals surface area contributed by atoms with Crippen LogP contribution in [0.2, 0.25) is 0 Å². The number of benzene rings is 1. The Morgan fingerprint density at radius 3 is 2.57 bits per heavy atom. The second-order valence-corrected chi connectivity index (χ2v) is 9.34. The predicted molar refractivity (Wildman–Crippen MR) is 130 cm³/mol. The lowest BCUT2D eigenvalue weighted by Gasteiger charge is -2.23. The molecule has 0 unspecified atom stereocenters. The van der Waals surface area contributed by atoms with E-state index in [4.69, 9.17) is 10.4 Å². The summed E-state index contributed by atoms with van der Waals surface area (Å²) in [6.45, 7) is 0.484. The molecule has 9 heteroatoms. The maximum absolute atomic E-state index is 11.8. The van der Waals surface area contributed by atoms with Crippen LogP contribution in [-0.4, -0.2) is 68.5 Å². The number of carbonyl (C=O) groups is 1. The molecule has 1 aromatic carbocycles. The van der Waals surface area contributed by atoms with Gasteiger partial charge < -0.3 is 20.6 Å². The summed E-state index contributed by atoms with van der Waals surface area (Å²) in [5.41, 5.74) is 1.20. The summed E-state index contributed by atoms with van der Waals surface area (Å²) in [7, 11) is 0. The van der Waals surface area contributed by atoms with E-state index >= 15 is 0 Å². The average Bonchev–Trinajstić information content (AvgIpc) is 3.10. The molecule has 0 heterocycles. The molecule has 1 aliphatic rings. The first-order valence-electron chi connectivity index (χ1n) is 12.7. The van der Waals surface area contributed by atoms with Crippen molar-refractivity contribution in [3.05, 3.63) is 48.0 Å². The summed E-state index contributed by atoms with van der Waals surface area (Å²) in [4.78, 5) is 16.2. The zero-order chi connectivity index (χ0) is 25.5. The smallest absolute Gasteiger partial charge is 0.220 e. The van der Waals surface area contributed by atoms with Crippen LogP contribution in [-0.2, 0) is 16.1 Å². The zero-order valence-electron chi connectivity index (χ0n) is 20.4. The Kier molecular flexibility index (Phi) is 14.1. The van der Waals surface area contributed by atoms with Crippen LogP contribution in [0, 0.1) is 11.8 Å². The van der Waals surface area contributed by atoms with Crippen LogP contribution >= 0.6 is 0 Å². The molecule has 0 bridgehead atoms. The number of allylic oxidation sites excluding steroid dienone is 2. The van der Waals surface area contributed by atoms with E-state index in [-0.39, 0.29) is 29.7 Å². The standard InChI is InChI=1S/C26H42N2O7/c29-21(14-13-20-9-4-3-5-10-20)15-16-23-22(24(30)19-25(23)31)11-6-1-2-7-12-26(32)27-17-8-18-35-28(33)34/h1,3-6,9-10,21-25,29-31,33-34H,2,7-8,11-19H2,(H,27,32)/b6-1-/t21-,22+,23+,24-,25+/m0/s1. The minimum absolute atomic E-state index is 0.0261. The Morgan fingerprint density at radius 1 is 1.09 bits per heavy atom. The van der Waals surface area contributed by atoms with Gasteiger partial charge in [0.05, 0.1) is 30.3 Å². The second kappa shape index (κ2) is 16.8. The van der Waals surface area contributed by atoms with Crippen molar-refractivity contribution in [2.24, 2.45) is 11.8 Å². The van der Waals surface area contributed by atoms with Gasteiger partial charge in [0.1, 0.15) is 0 Å². The minimum Gasteiger partial charge on any atom is -0.393 e. The fourth-order valence-corrected chi connectivity index (χ4v) is 4.70. The summed E-state index contributed by atoms with van der Waals surface area (Å²) in [6.07, 6.45) is 8.69. The number of aliphatic hydroxyl groups is 3. The zero-order valence-corrected chi connectivity index (χ0v) is 20.4. The van der Waals surface area contributed by atoms with Crippen LogP contribution in [0.25, 0.3) is 0 Å². The quantitative estimate of drug-likeness (QED) is 0.110. The SMILES string of the molecule is O=C(CCC/C=C\C[C@@H]1[C@@H](CC[C@@H](O)CCc2ccccc2)[C@H](O)C[C@@H]1O)NCCCON(O)O. The van der Waals surface area contributed by atoms with Crippen molar-refractivity contribution in [2.75, 3.05) is 13.2 Å². The molecule has 9 nitrogen and oxygen atoms in total. The Labute approximate surface area is 207 Å². The number of carbonyl (C=O) groups excluding carboxylic acids is 1. The van der Waals surface area contributed by atoms with E-state index in [2.05, 4.69) is 22.3 Å². The number of nitrogens with one attached hydrogen (secondary N) is 1. The van der Waals surface area contributed by atoms with Crippen LogP contribution in [0.15, 0.2) is 42.5 Å². The van der Waals surface area contributed by atoms with Crippen molar-refractivity contribution >= 4 is 5.91 Å². The van der Waals surface area contributed by atoms with E-state index in [0.29, 0.717) is 57.9 Å². The molecule has 0 spiro atoms. The van der Waals surface area contributed by atoms with E-state index in [1.807, 2.05) is 30.4 Å². The second-order valence-electron chi connectivity index (χ2n) is 9.34. The van der Waals surface area contributed by atoms with Gasteiger partial charge in [0.15, 0.2) is 0 Å². The van der Waals surface area contributed by atoms with Gasteiger partial charge in [0, 0.05) is 13.0 Å². The Morgan fingerprint density at radius 2 is 1.83 bits per heavy atom. The van der Waals surface area contributed by atoms with Crippen LogP contribution in [0.4, 0.5) is 0 Å². The maximum atomic E-state index is 11.8. The first-order chi connectivity index (χ1) is 16.9. The van der Waals surface area contributed by atoms with Gasteiger partial charge >= 0.3 is 0 Å². The highest BCUT2D eigenvalue weighted by molar-refractivity contribution is 5.75. The van der Waals surface area contributed by atoms with Crippen LogP contribution in [0.5, 0.6) is 0 Å².